The summed E-state index contributed by atoms with van der Waals surface area (Å²) in [6.45, 7) is 2.00. The molecule has 3 heterocycles. The highest BCUT2D eigenvalue weighted by Gasteiger charge is 2.22. The van der Waals surface area contributed by atoms with Crippen molar-refractivity contribution in [1.29, 1.82) is 0 Å². The first-order chi connectivity index (χ1) is 12.3. The van der Waals surface area contributed by atoms with E-state index in [1.54, 1.807) is 6.20 Å². The van der Waals surface area contributed by atoms with Crippen LogP contribution in [0.1, 0.15) is 52.8 Å². The van der Waals surface area contributed by atoms with Gasteiger partial charge in [-0.2, -0.15) is 0 Å². The molecule has 2 aromatic heterocycles. The number of anilines is 2. The number of aromatic nitrogens is 3. The molecule has 0 atom stereocenters. The molecule has 0 radical (unpaired) electrons. The molecule has 8 heteroatoms. The van der Waals surface area contributed by atoms with E-state index in [2.05, 4.69) is 31.1 Å². The molecule has 1 saturated carbocycles. The van der Waals surface area contributed by atoms with Crippen LogP contribution in [0, 0.1) is 0 Å². The minimum Gasteiger partial charge on any atom is -0.367 e. The van der Waals surface area contributed by atoms with Gasteiger partial charge in [0.05, 0.1) is 11.9 Å². The van der Waals surface area contributed by atoms with E-state index in [1.165, 1.54) is 30.6 Å². The number of pyridine rings is 1. The second-order valence-corrected chi connectivity index (χ2v) is 7.64. The largest absolute Gasteiger partial charge is 0.367 e. The van der Waals surface area contributed by atoms with Crippen LogP contribution < -0.4 is 16.0 Å². The van der Waals surface area contributed by atoms with Crippen molar-refractivity contribution < 1.29 is 4.79 Å². The van der Waals surface area contributed by atoms with Crippen LogP contribution in [0.3, 0.4) is 0 Å². The lowest BCUT2D eigenvalue weighted by Crippen LogP contribution is -2.27. The zero-order chi connectivity index (χ0) is 17.1. The molecule has 3 N–H and O–H groups in total. The summed E-state index contributed by atoms with van der Waals surface area (Å²) >= 11 is 1.39. The maximum absolute atomic E-state index is 12.4. The lowest BCUT2D eigenvalue weighted by Gasteiger charge is -2.26. The fourth-order valence-electron chi connectivity index (χ4n) is 3.06. The van der Waals surface area contributed by atoms with Crippen LogP contribution in [-0.4, -0.2) is 40.2 Å². The number of carbonyl (C=O) groups is 1. The highest BCUT2D eigenvalue weighted by Crippen LogP contribution is 2.28. The first-order valence-electron chi connectivity index (χ1n) is 8.86. The molecule has 1 aliphatic heterocycles. The smallest absolute Gasteiger partial charge is 0.286 e. The van der Waals surface area contributed by atoms with E-state index in [1.807, 2.05) is 12.1 Å². The second-order valence-electron chi connectivity index (χ2n) is 6.63. The van der Waals surface area contributed by atoms with Gasteiger partial charge in [-0.25, -0.2) is 4.98 Å². The summed E-state index contributed by atoms with van der Waals surface area (Å²) < 4.78 is 0. The quantitative estimate of drug-likeness (QED) is 0.761. The van der Waals surface area contributed by atoms with Gasteiger partial charge in [0.2, 0.25) is 5.01 Å². The molecule has 1 amide bonds. The van der Waals surface area contributed by atoms with Gasteiger partial charge in [0.15, 0.2) is 0 Å². The number of carbonyl (C=O) groups excluding carboxylic acids is 1. The van der Waals surface area contributed by atoms with Crippen molar-refractivity contribution in [2.75, 3.05) is 23.7 Å². The van der Waals surface area contributed by atoms with Crippen molar-refractivity contribution >= 4 is 28.7 Å². The Morgan fingerprint density at radius 3 is 2.68 bits per heavy atom. The van der Waals surface area contributed by atoms with Crippen LogP contribution in [0.15, 0.2) is 18.3 Å². The van der Waals surface area contributed by atoms with Gasteiger partial charge >= 0.3 is 0 Å². The third kappa shape index (κ3) is 3.96. The molecule has 0 spiro atoms. The molecule has 4 rings (SSSR count). The molecule has 0 aromatic carbocycles. The molecule has 2 aliphatic rings. The monoisotopic (exact) mass is 358 g/mol. The van der Waals surface area contributed by atoms with E-state index < -0.39 is 0 Å². The third-order valence-electron chi connectivity index (χ3n) is 4.80. The van der Waals surface area contributed by atoms with Crippen LogP contribution in [0.5, 0.6) is 0 Å². The van der Waals surface area contributed by atoms with Gasteiger partial charge in [0, 0.05) is 12.0 Å². The lowest BCUT2D eigenvalue weighted by atomic mass is 9.93. The van der Waals surface area contributed by atoms with Crippen molar-refractivity contribution in [2.24, 2.45) is 0 Å². The normalized spacial score (nSPS) is 18.6. The predicted molar refractivity (Wildman–Crippen MR) is 98.2 cm³/mol. The van der Waals surface area contributed by atoms with E-state index in [9.17, 15) is 4.79 Å². The van der Waals surface area contributed by atoms with E-state index in [0.717, 1.165) is 36.8 Å². The maximum atomic E-state index is 12.4. The fraction of sp³-hybridized carbons (Fsp3) is 0.529. The Kier molecular flexibility index (Phi) is 4.89. The topological polar surface area (TPSA) is 91.8 Å². The minimum atomic E-state index is -0.223. The average Bonchev–Trinajstić information content (AvgIpc) is 3.11. The number of nitrogens with zero attached hydrogens (tertiary/aromatic N) is 3. The highest BCUT2D eigenvalue weighted by molar-refractivity contribution is 7.13. The Morgan fingerprint density at radius 2 is 2.00 bits per heavy atom. The van der Waals surface area contributed by atoms with Gasteiger partial charge < -0.3 is 16.0 Å². The van der Waals surface area contributed by atoms with Crippen molar-refractivity contribution in [3.05, 3.63) is 28.3 Å². The number of piperidine rings is 1. The highest BCUT2D eigenvalue weighted by atomic mass is 32.1. The predicted octanol–water partition coefficient (Wildman–Crippen LogP) is 2.62. The first kappa shape index (κ1) is 16.4. The molecule has 7 nitrogen and oxygen atoms in total. The number of hydrogen-bond acceptors (Lipinski definition) is 7. The molecular formula is C17H22N6OS. The molecule has 132 valence electrons. The van der Waals surface area contributed by atoms with Crippen molar-refractivity contribution in [1.82, 2.24) is 20.5 Å². The van der Waals surface area contributed by atoms with Gasteiger partial charge in [-0.1, -0.05) is 11.3 Å². The molecule has 2 aromatic rings. The summed E-state index contributed by atoms with van der Waals surface area (Å²) in [5.41, 5.74) is 0.669. The second kappa shape index (κ2) is 7.45. The Balaban J connectivity index is 1.35. The Hall–Kier alpha value is -2.06. The summed E-state index contributed by atoms with van der Waals surface area (Å²) in [5, 5.41) is 19.2. The minimum absolute atomic E-state index is 0.223. The maximum Gasteiger partial charge on any atom is 0.286 e. The Bertz CT molecular complexity index is 721. The summed E-state index contributed by atoms with van der Waals surface area (Å²) in [4.78, 5) is 16.7. The molecule has 1 saturated heterocycles. The van der Waals surface area contributed by atoms with Crippen molar-refractivity contribution in [3.8, 4) is 0 Å². The number of hydrogen-bond donors (Lipinski definition) is 3. The standard InChI is InChI=1S/C17H22N6OS/c24-15(17-23-22-16(25-17)11-6-8-18-9-7-11)21-13-4-5-14(19-10-13)20-12-2-1-3-12/h4-5,10-12,18H,1-3,6-9H2,(H,19,20)(H,21,24). The summed E-state index contributed by atoms with van der Waals surface area (Å²) in [5.74, 6) is 1.05. The summed E-state index contributed by atoms with van der Waals surface area (Å²) in [7, 11) is 0. The van der Waals surface area contributed by atoms with Crippen LogP contribution in [-0.2, 0) is 0 Å². The van der Waals surface area contributed by atoms with Gasteiger partial charge in [0.25, 0.3) is 5.91 Å². The van der Waals surface area contributed by atoms with Crippen molar-refractivity contribution in [3.63, 3.8) is 0 Å². The number of rotatable bonds is 5. The van der Waals surface area contributed by atoms with Crippen molar-refractivity contribution in [2.45, 2.75) is 44.1 Å². The molecule has 0 unspecified atom stereocenters. The Morgan fingerprint density at radius 1 is 1.16 bits per heavy atom. The van der Waals surface area contributed by atoms with E-state index in [-0.39, 0.29) is 5.91 Å². The zero-order valence-electron chi connectivity index (χ0n) is 14.0. The van der Waals surface area contributed by atoms with Gasteiger partial charge in [-0.05, 0) is 57.3 Å². The SMILES string of the molecule is O=C(Nc1ccc(NC2CCC2)nc1)c1nnc(C2CCNCC2)s1. The molecule has 0 bridgehead atoms. The molecule has 2 fully saturated rings. The molecule has 25 heavy (non-hydrogen) atoms. The average molecular weight is 358 g/mol. The summed E-state index contributed by atoms with van der Waals surface area (Å²) in [6, 6.07) is 4.30. The van der Waals surface area contributed by atoms with Gasteiger partial charge in [-0.3, -0.25) is 4.79 Å². The zero-order valence-corrected chi connectivity index (χ0v) is 14.8. The summed E-state index contributed by atoms with van der Waals surface area (Å²) in [6.07, 6.45) is 7.47. The van der Waals surface area contributed by atoms with E-state index in [0.29, 0.717) is 22.7 Å². The number of nitrogens with one attached hydrogen (secondary N) is 3. The van der Waals surface area contributed by atoms with Gasteiger partial charge in [-0.15, -0.1) is 10.2 Å². The first-order valence-corrected chi connectivity index (χ1v) is 9.67. The molecular weight excluding hydrogens is 336 g/mol. The van der Waals surface area contributed by atoms with E-state index in [4.69, 9.17) is 0 Å². The molecule has 1 aliphatic carbocycles. The van der Waals surface area contributed by atoms with Gasteiger partial charge in [0.1, 0.15) is 10.8 Å². The lowest BCUT2D eigenvalue weighted by molar-refractivity contribution is 0.102. The van der Waals surface area contributed by atoms with Crippen LogP contribution in [0.25, 0.3) is 0 Å². The van der Waals surface area contributed by atoms with Crippen LogP contribution in [0.4, 0.5) is 11.5 Å². The van der Waals surface area contributed by atoms with Crippen LogP contribution >= 0.6 is 11.3 Å². The van der Waals surface area contributed by atoms with Crippen LogP contribution in [0.2, 0.25) is 0 Å². The van der Waals surface area contributed by atoms with E-state index >= 15 is 0 Å². The third-order valence-corrected chi connectivity index (χ3v) is 5.89. The number of amides is 1. The Labute approximate surface area is 150 Å². The fourth-order valence-corrected chi connectivity index (χ4v) is 3.97.